The number of carbonyl (C=O) groups is 3. The molecule has 8 N–H and O–H groups in total. The van der Waals surface area contributed by atoms with Crippen molar-refractivity contribution in [3.63, 3.8) is 0 Å². The number of carboxylic acids is 1. The second-order valence-electron chi connectivity index (χ2n) is 5.11. The van der Waals surface area contributed by atoms with Crippen LogP contribution in [0.2, 0.25) is 0 Å². The molecule has 11 heteroatoms. The van der Waals surface area contributed by atoms with Crippen LogP contribution in [0.15, 0.2) is 40.8 Å². The number of benzene rings is 1. The second-order valence-corrected chi connectivity index (χ2v) is 5.11. The number of hydrogen-bond donors (Lipinski definition) is 5. The number of rotatable bonds is 4. The Morgan fingerprint density at radius 1 is 1.26 bits per heavy atom. The van der Waals surface area contributed by atoms with Gasteiger partial charge in [-0.25, -0.2) is 15.0 Å². The summed E-state index contributed by atoms with van der Waals surface area (Å²) in [7, 11) is 0. The number of aromatic carboxylic acids is 1. The zero-order valence-corrected chi connectivity index (χ0v) is 13.6. The average molecular weight is 372 g/mol. The Kier molecular flexibility index (Phi) is 5.24. The molecule has 0 atom stereocenters. The molecule has 0 bridgehead atoms. The summed E-state index contributed by atoms with van der Waals surface area (Å²) in [6, 6.07) is 1.69. The maximum atomic E-state index is 13.7. The van der Waals surface area contributed by atoms with E-state index in [2.05, 4.69) is 10.4 Å². The van der Waals surface area contributed by atoms with Gasteiger partial charge in [-0.2, -0.15) is 10.2 Å². The lowest BCUT2D eigenvalue weighted by Gasteiger charge is -2.20. The second kappa shape index (κ2) is 7.38. The third-order valence-corrected chi connectivity index (χ3v) is 3.38. The summed E-state index contributed by atoms with van der Waals surface area (Å²) in [6.45, 7) is 0. The molecule has 0 saturated heterocycles. The van der Waals surface area contributed by atoms with E-state index in [0.717, 1.165) is 6.07 Å². The summed E-state index contributed by atoms with van der Waals surface area (Å²) in [4.78, 5) is 34.7. The van der Waals surface area contributed by atoms with Crippen LogP contribution in [0.3, 0.4) is 0 Å². The Hall–Kier alpha value is -4.17. The van der Waals surface area contributed by atoms with Gasteiger partial charge < -0.3 is 21.9 Å². The highest BCUT2D eigenvalue weighted by Crippen LogP contribution is 2.21. The number of nitrogens with one attached hydrogen (secondary N) is 1. The van der Waals surface area contributed by atoms with E-state index >= 15 is 0 Å². The number of nitrogens with two attached hydrogens (primary N) is 3. The molecule has 138 valence electrons. The van der Waals surface area contributed by atoms with E-state index in [0.29, 0.717) is 11.2 Å². The van der Waals surface area contributed by atoms with Crippen molar-refractivity contribution in [2.24, 2.45) is 22.4 Å². The minimum Gasteiger partial charge on any atom is -0.478 e. The van der Waals surface area contributed by atoms with Crippen molar-refractivity contribution in [1.82, 2.24) is 5.12 Å². The Balaban J connectivity index is 2.35. The molecule has 1 aromatic rings. The van der Waals surface area contributed by atoms with Crippen LogP contribution in [-0.2, 0) is 9.59 Å². The lowest BCUT2D eigenvalue weighted by Crippen LogP contribution is -2.36. The number of allylic oxidation sites excluding steroid dienone is 1. The van der Waals surface area contributed by atoms with Crippen molar-refractivity contribution in [3.05, 3.63) is 52.6 Å². The number of nitrogens with zero attached hydrogens (tertiary/aromatic N) is 2. The predicted octanol–water partition coefficient (Wildman–Crippen LogP) is -0.799. The van der Waals surface area contributed by atoms with Gasteiger partial charge in [0.15, 0.2) is 5.71 Å². The molecule has 1 heterocycles. The average Bonchev–Trinajstić information content (AvgIpc) is 2.61. The predicted molar refractivity (Wildman–Crippen MR) is 92.9 cm³/mol. The van der Waals surface area contributed by atoms with Gasteiger partial charge in [-0.05, 0) is 24.3 Å². The van der Waals surface area contributed by atoms with Crippen molar-refractivity contribution >= 4 is 29.2 Å². The topological polar surface area (TPSA) is 177 Å². The molecule has 0 saturated carbocycles. The van der Waals surface area contributed by atoms with Gasteiger partial charge in [0.25, 0.3) is 11.8 Å². The third-order valence-electron chi connectivity index (χ3n) is 3.38. The molecule has 27 heavy (non-hydrogen) atoms. The number of carbonyl (C=O) groups excluding carboxylic acids is 2. The summed E-state index contributed by atoms with van der Waals surface area (Å²) < 4.78 is 13.7. The maximum absolute atomic E-state index is 13.7. The highest BCUT2D eigenvalue weighted by Gasteiger charge is 2.22. The van der Waals surface area contributed by atoms with Crippen LogP contribution >= 0.6 is 0 Å². The summed E-state index contributed by atoms with van der Waals surface area (Å²) in [5.74, 6) is 3.41. The van der Waals surface area contributed by atoms with Crippen LogP contribution in [0.1, 0.15) is 15.9 Å². The Labute approximate surface area is 151 Å². The first-order valence-electron chi connectivity index (χ1n) is 7.11. The Morgan fingerprint density at radius 3 is 2.44 bits per heavy atom. The molecular weight excluding hydrogens is 359 g/mol. The van der Waals surface area contributed by atoms with Gasteiger partial charge in [-0.3, -0.25) is 9.59 Å². The fourth-order valence-corrected chi connectivity index (χ4v) is 2.05. The summed E-state index contributed by atoms with van der Waals surface area (Å²) in [6.07, 6.45) is 7.54. The van der Waals surface area contributed by atoms with E-state index in [1.54, 1.807) is 0 Å². The van der Waals surface area contributed by atoms with Crippen LogP contribution in [-0.4, -0.2) is 33.7 Å². The number of anilines is 1. The van der Waals surface area contributed by atoms with E-state index in [9.17, 15) is 18.8 Å². The largest absolute Gasteiger partial charge is 0.478 e. The summed E-state index contributed by atoms with van der Waals surface area (Å²) in [5, 5.41) is 15.8. The first-order chi connectivity index (χ1) is 12.6. The molecule has 1 aliphatic rings. The smallest absolute Gasteiger partial charge is 0.337 e. The number of hydrazone groups is 1. The minimum absolute atomic E-state index is 0.0401. The third kappa shape index (κ3) is 3.91. The lowest BCUT2D eigenvalue weighted by molar-refractivity contribution is -0.114. The number of hydrazine groups is 1. The van der Waals surface area contributed by atoms with Gasteiger partial charge in [-0.15, -0.1) is 6.42 Å². The maximum Gasteiger partial charge on any atom is 0.337 e. The van der Waals surface area contributed by atoms with E-state index < -0.39 is 29.2 Å². The lowest BCUT2D eigenvalue weighted by atomic mass is 10.1. The quantitative estimate of drug-likeness (QED) is 0.261. The first-order valence-corrected chi connectivity index (χ1v) is 7.11. The molecule has 0 unspecified atom stereocenters. The number of halogens is 1. The van der Waals surface area contributed by atoms with Crippen LogP contribution in [0.25, 0.3) is 0 Å². The van der Waals surface area contributed by atoms with Gasteiger partial charge in [0.1, 0.15) is 17.2 Å². The number of amides is 2. The normalized spacial score (nSPS) is 14.9. The van der Waals surface area contributed by atoms with Gasteiger partial charge in [0.05, 0.1) is 16.8 Å². The molecule has 1 aliphatic heterocycles. The number of hydrogen-bond acceptors (Lipinski definition) is 7. The highest BCUT2D eigenvalue weighted by atomic mass is 19.1. The Bertz CT molecular complexity index is 989. The Morgan fingerprint density at radius 2 is 1.93 bits per heavy atom. The molecular formula is C16H13FN6O4. The molecule has 2 amide bonds. The van der Waals surface area contributed by atoms with E-state index in [1.165, 1.54) is 12.2 Å². The minimum atomic E-state index is -1.48. The van der Waals surface area contributed by atoms with Crippen molar-refractivity contribution in [2.75, 3.05) is 5.32 Å². The summed E-state index contributed by atoms with van der Waals surface area (Å²) >= 11 is 0. The molecule has 0 aromatic heterocycles. The van der Waals surface area contributed by atoms with Gasteiger partial charge in [-0.1, -0.05) is 5.92 Å². The molecule has 0 aliphatic carbocycles. The van der Waals surface area contributed by atoms with E-state index in [4.69, 9.17) is 28.8 Å². The number of carboxylic acid groups (broad SMARTS) is 1. The van der Waals surface area contributed by atoms with Gasteiger partial charge >= 0.3 is 5.97 Å². The van der Waals surface area contributed by atoms with Crippen LogP contribution in [0.5, 0.6) is 0 Å². The SMILES string of the molecule is C#Cc1cc(NC(=O)C2=NN(N)/C(=C(\N)C(N)=O)C=C2)c(C(=O)O)cc1F. The van der Waals surface area contributed by atoms with Crippen molar-refractivity contribution in [3.8, 4) is 12.3 Å². The van der Waals surface area contributed by atoms with E-state index in [1.807, 2.05) is 5.92 Å². The van der Waals surface area contributed by atoms with Crippen LogP contribution < -0.4 is 22.6 Å². The molecule has 1 aromatic carbocycles. The zero-order valence-electron chi connectivity index (χ0n) is 13.6. The number of terminal acetylenes is 1. The van der Waals surface area contributed by atoms with E-state index in [-0.39, 0.29) is 28.4 Å². The van der Waals surface area contributed by atoms with Crippen molar-refractivity contribution in [1.29, 1.82) is 0 Å². The van der Waals surface area contributed by atoms with Gasteiger partial charge in [0, 0.05) is 0 Å². The molecule has 10 nitrogen and oxygen atoms in total. The van der Waals surface area contributed by atoms with Crippen molar-refractivity contribution in [2.45, 2.75) is 0 Å². The number of primary amides is 1. The monoisotopic (exact) mass is 372 g/mol. The molecule has 0 fully saturated rings. The van der Waals surface area contributed by atoms with Crippen molar-refractivity contribution < 1.29 is 23.9 Å². The van der Waals surface area contributed by atoms with Crippen LogP contribution in [0.4, 0.5) is 10.1 Å². The molecule has 0 spiro atoms. The highest BCUT2D eigenvalue weighted by molar-refractivity contribution is 6.47. The first kappa shape index (κ1) is 19.2. The summed E-state index contributed by atoms with van der Waals surface area (Å²) in [5.41, 5.74) is 8.86. The van der Waals surface area contributed by atoms with Crippen LogP contribution in [0, 0.1) is 18.2 Å². The van der Waals surface area contributed by atoms with Gasteiger partial charge in [0.2, 0.25) is 0 Å². The standard InChI is InChI=1S/C16H13FN6O4/c1-2-7-5-11(8(16(26)27)6-9(7)17)21-15(25)10-3-4-12(23(20)22-10)13(18)14(19)24/h1,3-6H,18,20H2,(H2,19,24)(H,21,25)(H,26,27)/b13-12-. The molecule has 0 radical (unpaired) electrons. The fourth-order valence-electron chi connectivity index (χ4n) is 2.05. The molecule has 2 rings (SSSR count). The zero-order chi connectivity index (χ0) is 20.3. The fraction of sp³-hybridized carbons (Fsp3) is 0.